The van der Waals surface area contributed by atoms with Gasteiger partial charge in [-0.2, -0.15) is 0 Å². The van der Waals surface area contributed by atoms with Gasteiger partial charge in [0.2, 0.25) is 0 Å². The maximum atomic E-state index is 12.0. The van der Waals surface area contributed by atoms with Crippen molar-refractivity contribution in [3.8, 4) is 11.5 Å². The summed E-state index contributed by atoms with van der Waals surface area (Å²) in [6.45, 7) is 6.75. The lowest BCUT2D eigenvalue weighted by atomic mass is 10.1. The molecule has 0 aromatic heterocycles. The van der Waals surface area contributed by atoms with Gasteiger partial charge < -0.3 is 9.47 Å². The van der Waals surface area contributed by atoms with Crippen molar-refractivity contribution >= 4 is 46.5 Å². The molecular formula is C22H21IN2O5. The molecule has 0 radical (unpaired) electrons. The van der Waals surface area contributed by atoms with Crippen LogP contribution in [0.25, 0.3) is 6.08 Å². The van der Waals surface area contributed by atoms with E-state index in [0.717, 1.165) is 20.3 Å². The van der Waals surface area contributed by atoms with Crippen LogP contribution in [-0.2, 0) is 16.2 Å². The predicted octanol–water partition coefficient (Wildman–Crippen LogP) is 3.64. The third-order valence-corrected chi connectivity index (χ3v) is 5.05. The summed E-state index contributed by atoms with van der Waals surface area (Å²) in [4.78, 5) is 35.2. The minimum atomic E-state index is -0.832. The quantitative estimate of drug-likeness (QED) is 0.345. The summed E-state index contributed by atoms with van der Waals surface area (Å²) >= 11 is 2.13. The molecule has 1 aliphatic heterocycles. The molecule has 4 amide bonds. The Labute approximate surface area is 188 Å². The van der Waals surface area contributed by atoms with Crippen LogP contribution in [0.1, 0.15) is 29.2 Å². The third-order valence-electron chi connectivity index (χ3n) is 4.25. The Morgan fingerprint density at radius 3 is 2.17 bits per heavy atom. The van der Waals surface area contributed by atoms with E-state index < -0.39 is 17.8 Å². The van der Waals surface area contributed by atoms with Crippen LogP contribution in [0.2, 0.25) is 0 Å². The highest BCUT2D eigenvalue weighted by atomic mass is 127. The first-order valence-electron chi connectivity index (χ1n) is 9.31. The number of barbiturate groups is 1. The highest BCUT2D eigenvalue weighted by Gasteiger charge is 2.28. The van der Waals surface area contributed by atoms with Crippen molar-refractivity contribution in [3.63, 3.8) is 0 Å². The number of nitrogens with one attached hydrogen (secondary N) is 2. The topological polar surface area (TPSA) is 93.7 Å². The number of urea groups is 1. The Balaban J connectivity index is 1.90. The predicted molar refractivity (Wildman–Crippen MR) is 120 cm³/mol. The molecule has 0 aliphatic carbocycles. The second-order valence-corrected chi connectivity index (χ2v) is 8.01. The van der Waals surface area contributed by atoms with Gasteiger partial charge >= 0.3 is 6.03 Å². The van der Waals surface area contributed by atoms with E-state index in [-0.39, 0.29) is 5.57 Å². The van der Waals surface area contributed by atoms with Gasteiger partial charge in [0.15, 0.2) is 11.5 Å². The second-order valence-electron chi connectivity index (χ2n) is 6.84. The summed E-state index contributed by atoms with van der Waals surface area (Å²) < 4.78 is 12.6. The van der Waals surface area contributed by atoms with Crippen LogP contribution in [0.3, 0.4) is 0 Å². The van der Waals surface area contributed by atoms with Gasteiger partial charge in [-0.1, -0.05) is 29.3 Å². The molecule has 30 heavy (non-hydrogen) atoms. The first-order valence-corrected chi connectivity index (χ1v) is 10.4. The number of rotatable bonds is 6. The summed E-state index contributed by atoms with van der Waals surface area (Å²) in [5.74, 6) is -0.390. The van der Waals surface area contributed by atoms with Gasteiger partial charge in [0.05, 0.1) is 10.2 Å². The van der Waals surface area contributed by atoms with Crippen LogP contribution in [0.5, 0.6) is 11.5 Å². The average molecular weight is 520 g/mol. The van der Waals surface area contributed by atoms with Crippen LogP contribution in [0.15, 0.2) is 35.9 Å². The molecule has 2 aromatic carbocycles. The van der Waals surface area contributed by atoms with E-state index in [0.29, 0.717) is 30.3 Å². The van der Waals surface area contributed by atoms with E-state index in [2.05, 4.69) is 51.4 Å². The van der Waals surface area contributed by atoms with Crippen LogP contribution in [0, 0.1) is 17.4 Å². The van der Waals surface area contributed by atoms with Crippen LogP contribution >= 0.6 is 22.6 Å². The number of carbonyl (C=O) groups is 3. The molecule has 1 heterocycles. The van der Waals surface area contributed by atoms with Crippen molar-refractivity contribution in [1.82, 2.24) is 10.6 Å². The van der Waals surface area contributed by atoms with E-state index in [4.69, 9.17) is 9.47 Å². The second kappa shape index (κ2) is 9.29. The molecule has 0 atom stereocenters. The fraction of sp³-hybridized carbons (Fsp3) is 0.227. The third kappa shape index (κ3) is 5.18. The fourth-order valence-corrected chi connectivity index (χ4v) is 3.94. The molecule has 2 N–H and O–H groups in total. The molecule has 0 bridgehead atoms. The summed E-state index contributed by atoms with van der Waals surface area (Å²) in [5, 5.41) is 4.11. The van der Waals surface area contributed by atoms with Gasteiger partial charge in [-0.15, -0.1) is 0 Å². The van der Waals surface area contributed by atoms with Crippen molar-refractivity contribution in [2.75, 3.05) is 6.61 Å². The van der Waals surface area contributed by atoms with Gasteiger partial charge in [0.25, 0.3) is 11.8 Å². The fourth-order valence-electron chi connectivity index (χ4n) is 3.16. The van der Waals surface area contributed by atoms with Crippen molar-refractivity contribution in [3.05, 3.63) is 61.7 Å². The lowest BCUT2D eigenvalue weighted by Gasteiger charge is -2.17. The maximum absolute atomic E-state index is 12.0. The Morgan fingerprint density at radius 1 is 0.933 bits per heavy atom. The molecule has 0 saturated carbocycles. The zero-order valence-electron chi connectivity index (χ0n) is 16.8. The minimum Gasteiger partial charge on any atom is -0.490 e. The van der Waals surface area contributed by atoms with Crippen molar-refractivity contribution in [1.29, 1.82) is 0 Å². The van der Waals surface area contributed by atoms with E-state index in [1.165, 1.54) is 6.08 Å². The Bertz CT molecular complexity index is 1020. The lowest BCUT2D eigenvalue weighted by molar-refractivity contribution is -0.123. The van der Waals surface area contributed by atoms with Gasteiger partial charge in [-0.25, -0.2) is 4.79 Å². The largest absolute Gasteiger partial charge is 0.490 e. The summed E-state index contributed by atoms with van der Waals surface area (Å²) in [6, 6.07) is 8.89. The number of carbonyl (C=O) groups excluding carboxylic acids is 3. The molecule has 1 saturated heterocycles. The Hall–Kier alpha value is -2.88. The van der Waals surface area contributed by atoms with Crippen molar-refractivity contribution < 1.29 is 23.9 Å². The number of imide groups is 2. The first-order chi connectivity index (χ1) is 14.3. The van der Waals surface area contributed by atoms with Gasteiger partial charge in [-0.05, 0) is 72.7 Å². The monoisotopic (exact) mass is 520 g/mol. The first kappa shape index (κ1) is 21.8. The number of hydrogen-bond acceptors (Lipinski definition) is 5. The van der Waals surface area contributed by atoms with Crippen LogP contribution in [0.4, 0.5) is 4.79 Å². The van der Waals surface area contributed by atoms with E-state index >= 15 is 0 Å². The number of benzene rings is 2. The van der Waals surface area contributed by atoms with Gasteiger partial charge in [0.1, 0.15) is 12.2 Å². The molecule has 8 heteroatoms. The summed E-state index contributed by atoms with van der Waals surface area (Å²) in [6.07, 6.45) is 1.41. The van der Waals surface area contributed by atoms with E-state index in [1.807, 2.05) is 20.8 Å². The molecule has 1 fully saturated rings. The molecular weight excluding hydrogens is 499 g/mol. The number of amides is 4. The highest BCUT2D eigenvalue weighted by molar-refractivity contribution is 14.1. The number of ether oxygens (including phenoxy) is 2. The molecule has 2 aromatic rings. The van der Waals surface area contributed by atoms with Gasteiger partial charge in [-0.3, -0.25) is 20.2 Å². The summed E-state index contributed by atoms with van der Waals surface area (Å²) in [7, 11) is 0. The molecule has 7 nitrogen and oxygen atoms in total. The smallest absolute Gasteiger partial charge is 0.328 e. The minimum absolute atomic E-state index is 0.156. The SMILES string of the molecule is CCOc1cc(C=C2C(=O)NC(=O)NC2=O)cc(I)c1OCc1cc(C)cc(C)c1. The normalized spacial score (nSPS) is 13.6. The summed E-state index contributed by atoms with van der Waals surface area (Å²) in [5.41, 5.74) is 3.81. The Morgan fingerprint density at radius 2 is 1.57 bits per heavy atom. The molecule has 0 unspecified atom stereocenters. The molecule has 156 valence electrons. The number of halogens is 1. The van der Waals surface area contributed by atoms with Crippen LogP contribution in [-0.4, -0.2) is 24.5 Å². The maximum Gasteiger partial charge on any atom is 0.328 e. The average Bonchev–Trinajstić information content (AvgIpc) is 2.63. The van der Waals surface area contributed by atoms with E-state index in [1.54, 1.807) is 12.1 Å². The van der Waals surface area contributed by atoms with E-state index in [9.17, 15) is 14.4 Å². The molecule has 0 spiro atoms. The number of hydrogen-bond donors (Lipinski definition) is 2. The standard InChI is InChI=1S/C22H21IN2O5/c1-4-29-18-10-14(8-16-20(26)24-22(28)25-21(16)27)9-17(23)19(18)30-11-15-6-12(2)5-13(3)7-15/h5-10H,4,11H2,1-3H3,(H2,24,25,26,27,28). The zero-order chi connectivity index (χ0) is 21.8. The zero-order valence-corrected chi connectivity index (χ0v) is 19.0. The van der Waals surface area contributed by atoms with Crippen molar-refractivity contribution in [2.45, 2.75) is 27.4 Å². The molecule has 3 rings (SSSR count). The lowest BCUT2D eigenvalue weighted by Crippen LogP contribution is -2.51. The van der Waals surface area contributed by atoms with Gasteiger partial charge in [0, 0.05) is 0 Å². The van der Waals surface area contributed by atoms with Crippen molar-refractivity contribution in [2.24, 2.45) is 0 Å². The Kier molecular flexibility index (Phi) is 6.76. The number of aryl methyl sites for hydroxylation is 2. The van der Waals surface area contributed by atoms with Crippen LogP contribution < -0.4 is 20.1 Å². The molecule has 1 aliphatic rings. The highest BCUT2D eigenvalue weighted by Crippen LogP contribution is 2.35.